The number of rotatable bonds is 6. The van der Waals surface area contributed by atoms with E-state index >= 15 is 0 Å². The van der Waals surface area contributed by atoms with Crippen molar-refractivity contribution in [3.63, 3.8) is 0 Å². The van der Waals surface area contributed by atoms with Gasteiger partial charge in [0, 0.05) is 12.6 Å². The van der Waals surface area contributed by atoms with Gasteiger partial charge < -0.3 is 10.4 Å². The van der Waals surface area contributed by atoms with Gasteiger partial charge in [-0.05, 0) is 19.3 Å². The van der Waals surface area contributed by atoms with Crippen LogP contribution in [-0.4, -0.2) is 23.7 Å². The Bertz CT molecular complexity index is 176. The number of carboxylic acids is 1. The molecule has 1 aliphatic rings. The zero-order valence-corrected chi connectivity index (χ0v) is 8.96. The molecule has 0 radical (unpaired) electrons. The van der Waals surface area contributed by atoms with Crippen molar-refractivity contribution >= 4 is 5.97 Å². The maximum Gasteiger partial charge on any atom is 0.307 e. The smallest absolute Gasteiger partial charge is 0.307 e. The molecule has 0 saturated heterocycles. The van der Waals surface area contributed by atoms with Gasteiger partial charge in [-0.25, -0.2) is 0 Å². The van der Waals surface area contributed by atoms with Crippen molar-refractivity contribution in [2.75, 3.05) is 6.54 Å². The molecule has 1 atom stereocenters. The van der Waals surface area contributed by atoms with Gasteiger partial charge in [0.25, 0.3) is 0 Å². The van der Waals surface area contributed by atoms with Crippen LogP contribution in [0.3, 0.4) is 0 Å². The topological polar surface area (TPSA) is 49.3 Å². The molecule has 3 heteroatoms. The van der Waals surface area contributed by atoms with Gasteiger partial charge in [0.2, 0.25) is 0 Å². The maximum absolute atomic E-state index is 10.9. The van der Waals surface area contributed by atoms with Gasteiger partial charge >= 0.3 is 5.97 Å². The fourth-order valence-corrected chi connectivity index (χ4v) is 2.10. The van der Waals surface area contributed by atoms with Crippen molar-refractivity contribution < 1.29 is 9.90 Å². The summed E-state index contributed by atoms with van der Waals surface area (Å²) in [5, 5.41) is 12.3. The van der Waals surface area contributed by atoms with Crippen molar-refractivity contribution in [2.45, 2.75) is 51.5 Å². The lowest BCUT2D eigenvalue weighted by Crippen LogP contribution is -2.34. The molecule has 0 aromatic rings. The van der Waals surface area contributed by atoms with Crippen LogP contribution in [0.25, 0.3) is 0 Å². The van der Waals surface area contributed by atoms with Crippen LogP contribution in [-0.2, 0) is 4.79 Å². The first-order valence-corrected chi connectivity index (χ1v) is 5.70. The minimum atomic E-state index is -0.655. The van der Waals surface area contributed by atoms with E-state index in [0.717, 1.165) is 12.8 Å². The molecule has 1 rings (SSSR count). The Morgan fingerprint density at radius 2 is 2.14 bits per heavy atom. The SMILES string of the molecule is CCCC(CNC1CCCC1)C(=O)O. The average molecular weight is 199 g/mol. The standard InChI is InChI=1S/C11H21NO2/c1-2-5-9(11(13)14)8-12-10-6-3-4-7-10/h9-10,12H,2-8H2,1H3,(H,13,14). The monoisotopic (exact) mass is 199 g/mol. The number of nitrogens with one attached hydrogen (secondary N) is 1. The largest absolute Gasteiger partial charge is 0.481 e. The minimum Gasteiger partial charge on any atom is -0.481 e. The summed E-state index contributed by atoms with van der Waals surface area (Å²) in [5.41, 5.74) is 0. The third-order valence-corrected chi connectivity index (χ3v) is 2.99. The quantitative estimate of drug-likeness (QED) is 0.688. The molecule has 1 saturated carbocycles. The molecule has 14 heavy (non-hydrogen) atoms. The third-order valence-electron chi connectivity index (χ3n) is 2.99. The lowest BCUT2D eigenvalue weighted by Gasteiger charge is -2.16. The summed E-state index contributed by atoms with van der Waals surface area (Å²) in [5.74, 6) is -0.849. The van der Waals surface area contributed by atoms with Gasteiger partial charge in [-0.2, -0.15) is 0 Å². The maximum atomic E-state index is 10.9. The lowest BCUT2D eigenvalue weighted by molar-refractivity contribution is -0.141. The molecule has 2 N–H and O–H groups in total. The highest BCUT2D eigenvalue weighted by molar-refractivity contribution is 5.70. The van der Waals surface area contributed by atoms with E-state index in [9.17, 15) is 4.79 Å². The number of carbonyl (C=O) groups is 1. The fraction of sp³-hybridized carbons (Fsp3) is 0.909. The summed E-state index contributed by atoms with van der Waals surface area (Å²) in [4.78, 5) is 10.9. The second-order valence-electron chi connectivity index (χ2n) is 4.21. The van der Waals surface area contributed by atoms with E-state index in [2.05, 4.69) is 5.32 Å². The van der Waals surface area contributed by atoms with Crippen LogP contribution in [0.4, 0.5) is 0 Å². The van der Waals surface area contributed by atoms with Crippen LogP contribution < -0.4 is 5.32 Å². The van der Waals surface area contributed by atoms with Crippen LogP contribution in [0.15, 0.2) is 0 Å². The number of aliphatic carboxylic acids is 1. The summed E-state index contributed by atoms with van der Waals surface area (Å²) < 4.78 is 0. The van der Waals surface area contributed by atoms with Crippen LogP contribution in [0, 0.1) is 5.92 Å². The van der Waals surface area contributed by atoms with E-state index in [0.29, 0.717) is 12.6 Å². The highest BCUT2D eigenvalue weighted by atomic mass is 16.4. The van der Waals surface area contributed by atoms with E-state index in [-0.39, 0.29) is 5.92 Å². The molecule has 0 heterocycles. The molecule has 0 aliphatic heterocycles. The first-order valence-electron chi connectivity index (χ1n) is 5.70. The number of hydrogen-bond acceptors (Lipinski definition) is 2. The lowest BCUT2D eigenvalue weighted by atomic mass is 10.0. The summed E-state index contributed by atoms with van der Waals surface area (Å²) in [6.07, 6.45) is 6.77. The first kappa shape index (κ1) is 11.5. The zero-order chi connectivity index (χ0) is 10.4. The molecule has 1 unspecified atom stereocenters. The third kappa shape index (κ3) is 3.66. The van der Waals surface area contributed by atoms with Crippen molar-refractivity contribution in [1.82, 2.24) is 5.32 Å². The van der Waals surface area contributed by atoms with Crippen molar-refractivity contribution in [3.8, 4) is 0 Å². The summed E-state index contributed by atoms with van der Waals surface area (Å²) >= 11 is 0. The highest BCUT2D eigenvalue weighted by Gasteiger charge is 2.19. The normalized spacial score (nSPS) is 19.8. The van der Waals surface area contributed by atoms with E-state index < -0.39 is 5.97 Å². The molecule has 3 nitrogen and oxygen atoms in total. The Morgan fingerprint density at radius 1 is 1.50 bits per heavy atom. The van der Waals surface area contributed by atoms with Gasteiger partial charge in [0.15, 0.2) is 0 Å². The molecule has 0 amide bonds. The van der Waals surface area contributed by atoms with Gasteiger partial charge in [0.1, 0.15) is 0 Å². The van der Waals surface area contributed by atoms with E-state index in [1.54, 1.807) is 0 Å². The number of hydrogen-bond donors (Lipinski definition) is 2. The fourth-order valence-electron chi connectivity index (χ4n) is 2.10. The van der Waals surface area contributed by atoms with Crippen LogP contribution in [0.2, 0.25) is 0 Å². The molecule has 82 valence electrons. The van der Waals surface area contributed by atoms with Gasteiger partial charge in [-0.1, -0.05) is 26.2 Å². The Hall–Kier alpha value is -0.570. The van der Waals surface area contributed by atoms with Gasteiger partial charge in [-0.15, -0.1) is 0 Å². The molecule has 0 aromatic heterocycles. The van der Waals surface area contributed by atoms with Crippen LogP contribution >= 0.6 is 0 Å². The average Bonchev–Trinajstić information content (AvgIpc) is 2.64. The van der Waals surface area contributed by atoms with E-state index in [4.69, 9.17) is 5.11 Å². The Morgan fingerprint density at radius 3 is 2.64 bits per heavy atom. The van der Waals surface area contributed by atoms with Crippen LogP contribution in [0.5, 0.6) is 0 Å². The molecule has 0 spiro atoms. The van der Waals surface area contributed by atoms with Gasteiger partial charge in [-0.3, -0.25) is 4.79 Å². The second-order valence-corrected chi connectivity index (χ2v) is 4.21. The minimum absolute atomic E-state index is 0.194. The van der Waals surface area contributed by atoms with E-state index in [1.165, 1.54) is 25.7 Å². The molecule has 1 aliphatic carbocycles. The molecular weight excluding hydrogens is 178 g/mol. The van der Waals surface area contributed by atoms with Crippen molar-refractivity contribution in [3.05, 3.63) is 0 Å². The van der Waals surface area contributed by atoms with Crippen molar-refractivity contribution in [2.24, 2.45) is 5.92 Å². The molecule has 1 fully saturated rings. The zero-order valence-electron chi connectivity index (χ0n) is 8.96. The Kier molecular flexibility index (Phi) is 4.94. The van der Waals surface area contributed by atoms with Gasteiger partial charge in [0.05, 0.1) is 5.92 Å². The second kappa shape index (κ2) is 6.02. The molecular formula is C11H21NO2. The Labute approximate surface area is 85.9 Å². The molecule has 0 bridgehead atoms. The van der Waals surface area contributed by atoms with Crippen LogP contribution in [0.1, 0.15) is 45.4 Å². The first-order chi connectivity index (χ1) is 6.74. The Balaban J connectivity index is 2.21. The summed E-state index contributed by atoms with van der Waals surface area (Å²) in [7, 11) is 0. The van der Waals surface area contributed by atoms with E-state index in [1.807, 2.05) is 6.92 Å². The summed E-state index contributed by atoms with van der Waals surface area (Å²) in [6, 6.07) is 0.578. The molecule has 0 aromatic carbocycles. The highest BCUT2D eigenvalue weighted by Crippen LogP contribution is 2.18. The predicted octanol–water partition coefficient (Wildman–Crippen LogP) is 2.02. The predicted molar refractivity (Wildman–Crippen MR) is 56.3 cm³/mol. The number of carboxylic acid groups (broad SMARTS) is 1. The summed E-state index contributed by atoms with van der Waals surface area (Å²) in [6.45, 7) is 2.68. The van der Waals surface area contributed by atoms with Crippen molar-refractivity contribution in [1.29, 1.82) is 0 Å².